The summed E-state index contributed by atoms with van der Waals surface area (Å²) in [6.07, 6.45) is 3.24. The zero-order chi connectivity index (χ0) is 23.8. The number of Topliss-reactive ketones (excluding diaryl/α,β-unsaturated/α-hetero) is 1. The average Bonchev–Trinajstić information content (AvgIpc) is 3.10. The lowest BCUT2D eigenvalue weighted by atomic mass is 9.95. The van der Waals surface area contributed by atoms with Crippen LogP contribution in [0.4, 0.5) is 0 Å². The maximum atomic E-state index is 13.2. The summed E-state index contributed by atoms with van der Waals surface area (Å²) in [6, 6.07) is 12.4. The summed E-state index contributed by atoms with van der Waals surface area (Å²) in [7, 11) is 0. The molecular weight excluding hydrogens is 479 g/mol. The standard InChI is InChI=1S/C25H18Cl2N2O5/c26-17-5-3-15(10-18(17)27)22-21(23(30)16-4-6-19-20(11-16)34-9-8-33-19)24(31)25(32)29(22)13-14-2-1-7-28-12-14/h1-7,10-12,22,30H,8-9,13H2/b23-21+/t22-/m1/s1. The van der Waals surface area contributed by atoms with Crippen LogP contribution < -0.4 is 9.47 Å². The van der Waals surface area contributed by atoms with E-state index in [2.05, 4.69) is 4.98 Å². The third kappa shape index (κ3) is 3.97. The Bertz CT molecular complexity index is 1330. The van der Waals surface area contributed by atoms with Crippen molar-refractivity contribution in [1.82, 2.24) is 9.88 Å². The van der Waals surface area contributed by atoms with Crippen LogP contribution in [0, 0.1) is 0 Å². The Balaban J connectivity index is 1.65. The number of ketones is 1. The Kier molecular flexibility index (Phi) is 5.89. The monoisotopic (exact) mass is 496 g/mol. The first-order valence-corrected chi connectivity index (χ1v) is 11.2. The molecule has 1 fully saturated rings. The quantitative estimate of drug-likeness (QED) is 0.317. The molecule has 7 nitrogen and oxygen atoms in total. The van der Waals surface area contributed by atoms with Gasteiger partial charge in [0.05, 0.1) is 21.7 Å². The number of carbonyl (C=O) groups is 2. The van der Waals surface area contributed by atoms with Crippen LogP contribution >= 0.6 is 23.2 Å². The van der Waals surface area contributed by atoms with Gasteiger partial charge in [0.25, 0.3) is 11.7 Å². The van der Waals surface area contributed by atoms with Gasteiger partial charge in [-0.05, 0) is 47.5 Å². The zero-order valence-electron chi connectivity index (χ0n) is 17.7. The Morgan fingerprint density at radius 2 is 1.82 bits per heavy atom. The smallest absolute Gasteiger partial charge is 0.295 e. The van der Waals surface area contributed by atoms with E-state index < -0.39 is 17.7 Å². The van der Waals surface area contributed by atoms with Gasteiger partial charge < -0.3 is 19.5 Å². The lowest BCUT2D eigenvalue weighted by Crippen LogP contribution is -2.29. The van der Waals surface area contributed by atoms with Crippen LogP contribution in [-0.4, -0.2) is 39.9 Å². The molecular formula is C25H18Cl2N2O5. The van der Waals surface area contributed by atoms with Gasteiger partial charge in [-0.15, -0.1) is 0 Å². The summed E-state index contributed by atoms with van der Waals surface area (Å²) in [6.45, 7) is 0.909. The third-order valence-electron chi connectivity index (χ3n) is 5.69. The number of rotatable bonds is 4. The first-order valence-electron chi connectivity index (χ1n) is 10.5. The number of ether oxygens (including phenoxy) is 2. The van der Waals surface area contributed by atoms with Crippen molar-refractivity contribution in [3.05, 3.63) is 93.2 Å². The molecule has 3 heterocycles. The van der Waals surface area contributed by atoms with E-state index in [0.29, 0.717) is 40.9 Å². The minimum atomic E-state index is -0.886. The summed E-state index contributed by atoms with van der Waals surface area (Å²) < 4.78 is 11.1. The second-order valence-electron chi connectivity index (χ2n) is 7.82. The lowest BCUT2D eigenvalue weighted by molar-refractivity contribution is -0.140. The molecule has 1 atom stereocenters. The van der Waals surface area contributed by atoms with Gasteiger partial charge in [-0.3, -0.25) is 14.6 Å². The molecule has 0 bridgehead atoms. The van der Waals surface area contributed by atoms with Gasteiger partial charge in [-0.1, -0.05) is 35.3 Å². The number of nitrogens with zero attached hydrogens (tertiary/aromatic N) is 2. The van der Waals surface area contributed by atoms with E-state index in [9.17, 15) is 14.7 Å². The Morgan fingerprint density at radius 3 is 2.56 bits per heavy atom. The first-order chi connectivity index (χ1) is 16.4. The number of fused-ring (bicyclic) bond motifs is 1. The molecule has 34 heavy (non-hydrogen) atoms. The normalized spacial score (nSPS) is 18.9. The SMILES string of the molecule is O=C1C(=O)N(Cc2cccnc2)[C@H](c2ccc(Cl)c(Cl)c2)/C1=C(\O)c1ccc2c(c1)OCCO2. The van der Waals surface area contributed by atoms with Gasteiger partial charge in [0.2, 0.25) is 0 Å². The zero-order valence-corrected chi connectivity index (χ0v) is 19.2. The molecule has 5 rings (SSSR count). The van der Waals surface area contributed by atoms with Crippen LogP contribution in [0.1, 0.15) is 22.7 Å². The maximum absolute atomic E-state index is 13.2. The van der Waals surface area contributed by atoms with Gasteiger partial charge in [-0.2, -0.15) is 0 Å². The second-order valence-corrected chi connectivity index (χ2v) is 8.63. The summed E-state index contributed by atoms with van der Waals surface area (Å²) in [5.41, 5.74) is 1.54. The van der Waals surface area contributed by atoms with E-state index in [1.807, 2.05) is 0 Å². The lowest BCUT2D eigenvalue weighted by Gasteiger charge is -2.26. The van der Waals surface area contributed by atoms with Crippen molar-refractivity contribution >= 4 is 40.7 Å². The fraction of sp³-hybridized carbons (Fsp3) is 0.160. The van der Waals surface area contributed by atoms with Gasteiger partial charge in [-0.25, -0.2) is 0 Å². The van der Waals surface area contributed by atoms with Crippen molar-refractivity contribution in [2.75, 3.05) is 13.2 Å². The molecule has 1 N–H and O–H groups in total. The number of hydrogen-bond donors (Lipinski definition) is 1. The largest absolute Gasteiger partial charge is 0.507 e. The Hall–Kier alpha value is -3.55. The number of hydrogen-bond acceptors (Lipinski definition) is 6. The van der Waals surface area contributed by atoms with Crippen LogP contribution in [0.5, 0.6) is 11.5 Å². The van der Waals surface area contributed by atoms with Crippen molar-refractivity contribution in [2.45, 2.75) is 12.6 Å². The molecule has 2 aliphatic heterocycles. The fourth-order valence-corrected chi connectivity index (χ4v) is 4.41. The number of carbonyl (C=O) groups excluding carboxylic acids is 2. The van der Waals surface area contributed by atoms with Gasteiger partial charge in [0, 0.05) is 24.5 Å². The van der Waals surface area contributed by atoms with Crippen LogP contribution in [0.3, 0.4) is 0 Å². The van der Waals surface area contributed by atoms with Gasteiger partial charge in [0.1, 0.15) is 19.0 Å². The number of amides is 1. The predicted molar refractivity (Wildman–Crippen MR) is 126 cm³/mol. The highest BCUT2D eigenvalue weighted by Crippen LogP contribution is 2.42. The van der Waals surface area contributed by atoms with Gasteiger partial charge in [0.15, 0.2) is 11.5 Å². The number of aromatic nitrogens is 1. The first kappa shape index (κ1) is 22.3. The van der Waals surface area contributed by atoms with E-state index in [1.54, 1.807) is 60.9 Å². The Labute approximate surface area is 205 Å². The minimum Gasteiger partial charge on any atom is -0.507 e. The summed E-state index contributed by atoms with van der Waals surface area (Å²) >= 11 is 12.4. The van der Waals surface area contributed by atoms with Crippen LogP contribution in [0.2, 0.25) is 10.0 Å². The summed E-state index contributed by atoms with van der Waals surface area (Å²) in [4.78, 5) is 31.8. The summed E-state index contributed by atoms with van der Waals surface area (Å²) in [5.74, 6) is -0.863. The molecule has 2 aromatic carbocycles. The highest BCUT2D eigenvalue weighted by atomic mass is 35.5. The number of halogens is 2. The van der Waals surface area contributed by atoms with E-state index in [1.165, 1.54) is 4.90 Å². The van der Waals surface area contributed by atoms with E-state index in [4.69, 9.17) is 32.7 Å². The third-order valence-corrected chi connectivity index (χ3v) is 6.43. The van der Waals surface area contributed by atoms with Crippen molar-refractivity contribution in [3.63, 3.8) is 0 Å². The Morgan fingerprint density at radius 1 is 1.03 bits per heavy atom. The maximum Gasteiger partial charge on any atom is 0.295 e. The van der Waals surface area contributed by atoms with E-state index in [0.717, 1.165) is 5.56 Å². The molecule has 0 unspecified atom stereocenters. The second kappa shape index (κ2) is 9.00. The van der Waals surface area contributed by atoms with Crippen LogP contribution in [0.15, 0.2) is 66.5 Å². The number of aliphatic hydroxyl groups excluding tert-OH is 1. The molecule has 0 aliphatic carbocycles. The summed E-state index contributed by atoms with van der Waals surface area (Å²) in [5, 5.41) is 11.9. The molecule has 1 aromatic heterocycles. The molecule has 0 saturated carbocycles. The topological polar surface area (TPSA) is 89.0 Å². The number of pyridine rings is 1. The molecule has 0 radical (unpaired) electrons. The van der Waals surface area contributed by atoms with E-state index in [-0.39, 0.29) is 22.9 Å². The van der Waals surface area contributed by atoms with E-state index >= 15 is 0 Å². The predicted octanol–water partition coefficient (Wildman–Crippen LogP) is 4.78. The molecule has 1 saturated heterocycles. The van der Waals surface area contributed by atoms with Crippen molar-refractivity contribution in [2.24, 2.45) is 0 Å². The van der Waals surface area contributed by atoms with Crippen molar-refractivity contribution < 1.29 is 24.2 Å². The number of aliphatic hydroxyl groups is 1. The highest BCUT2D eigenvalue weighted by molar-refractivity contribution is 6.46. The van der Waals surface area contributed by atoms with Crippen molar-refractivity contribution in [1.29, 1.82) is 0 Å². The number of benzene rings is 2. The van der Waals surface area contributed by atoms with Crippen LogP contribution in [0.25, 0.3) is 5.76 Å². The average molecular weight is 497 g/mol. The molecule has 3 aromatic rings. The molecule has 0 spiro atoms. The number of likely N-dealkylation sites (tertiary alicyclic amines) is 1. The fourth-order valence-electron chi connectivity index (χ4n) is 4.11. The minimum absolute atomic E-state index is 0.0519. The molecule has 1 amide bonds. The highest BCUT2D eigenvalue weighted by Gasteiger charge is 2.46. The molecule has 2 aliphatic rings. The molecule has 172 valence electrons. The van der Waals surface area contributed by atoms with Crippen molar-refractivity contribution in [3.8, 4) is 11.5 Å². The van der Waals surface area contributed by atoms with Gasteiger partial charge >= 0.3 is 0 Å². The van der Waals surface area contributed by atoms with Crippen LogP contribution in [-0.2, 0) is 16.1 Å². The molecule has 9 heteroatoms.